The summed E-state index contributed by atoms with van der Waals surface area (Å²) in [5, 5.41) is 9.43. The van der Waals surface area contributed by atoms with Gasteiger partial charge in [0.05, 0.1) is 16.7 Å². The highest BCUT2D eigenvalue weighted by Crippen LogP contribution is 2.28. The fourth-order valence-electron chi connectivity index (χ4n) is 2.26. The minimum Gasteiger partial charge on any atom is -0.294 e. The van der Waals surface area contributed by atoms with E-state index in [0.717, 1.165) is 0 Å². The van der Waals surface area contributed by atoms with Crippen molar-refractivity contribution in [2.45, 2.75) is 0 Å². The summed E-state index contributed by atoms with van der Waals surface area (Å²) in [6.07, 6.45) is 6.95. The largest absolute Gasteiger partial charge is 0.294 e. The van der Waals surface area contributed by atoms with E-state index in [1.165, 1.54) is 0 Å². The normalized spacial score (nSPS) is 10.1. The molecule has 0 saturated carbocycles. The molecule has 0 unspecified atom stereocenters. The number of hydrogen-bond donors (Lipinski definition) is 0. The quantitative estimate of drug-likeness (QED) is 0.414. The molecule has 3 aromatic rings. The van der Waals surface area contributed by atoms with Gasteiger partial charge in [-0.1, -0.05) is 23.7 Å². The Bertz CT molecular complexity index is 989. The van der Waals surface area contributed by atoms with Crippen molar-refractivity contribution in [2.24, 2.45) is 0 Å². The first-order chi connectivity index (χ1) is 10.7. The van der Waals surface area contributed by atoms with Gasteiger partial charge in [0.25, 0.3) is 5.78 Å². The number of halogens is 1. The van der Waals surface area contributed by atoms with Crippen LogP contribution in [0.4, 0.5) is 0 Å². The molecule has 3 rings (SSSR count). The van der Waals surface area contributed by atoms with Crippen LogP contribution in [0.5, 0.6) is 0 Å². The Morgan fingerprint density at radius 3 is 2.86 bits per heavy atom. The molecule has 5 heteroatoms. The summed E-state index contributed by atoms with van der Waals surface area (Å²) in [6.45, 7) is 0. The average molecular weight is 306 g/mol. The maximum absolute atomic E-state index is 12.1. The van der Waals surface area contributed by atoms with Crippen LogP contribution in [0, 0.1) is 23.7 Å². The monoisotopic (exact) mass is 305 g/mol. The molecule has 2 heterocycles. The van der Waals surface area contributed by atoms with Crippen molar-refractivity contribution in [1.82, 2.24) is 9.38 Å². The van der Waals surface area contributed by atoms with E-state index in [9.17, 15) is 4.79 Å². The van der Waals surface area contributed by atoms with Crippen molar-refractivity contribution in [3.8, 4) is 29.7 Å². The number of imidazole rings is 1. The second-order valence-electron chi connectivity index (χ2n) is 4.52. The van der Waals surface area contributed by atoms with Crippen molar-refractivity contribution in [2.75, 3.05) is 0 Å². The number of benzene rings is 1. The van der Waals surface area contributed by atoms with Crippen LogP contribution in [-0.4, -0.2) is 15.2 Å². The van der Waals surface area contributed by atoms with E-state index in [2.05, 4.69) is 17.0 Å². The van der Waals surface area contributed by atoms with Crippen LogP contribution in [0.25, 0.3) is 16.9 Å². The van der Waals surface area contributed by atoms with Gasteiger partial charge in [-0.2, -0.15) is 5.26 Å². The lowest BCUT2D eigenvalue weighted by Gasteiger charge is -2.01. The predicted molar refractivity (Wildman–Crippen MR) is 83.5 cm³/mol. The summed E-state index contributed by atoms with van der Waals surface area (Å²) >= 11 is 6.14. The van der Waals surface area contributed by atoms with E-state index >= 15 is 0 Å². The number of carbonyl (C=O) groups excluding carboxylic acids is 1. The number of nitrogens with zero attached hydrogens (tertiary/aromatic N) is 3. The van der Waals surface area contributed by atoms with E-state index in [4.69, 9.17) is 23.3 Å². The number of fused-ring (bicyclic) bond motifs is 1. The number of rotatable bonds is 2. The van der Waals surface area contributed by atoms with E-state index < -0.39 is 5.78 Å². The van der Waals surface area contributed by atoms with Gasteiger partial charge >= 0.3 is 0 Å². The standard InChI is InChI=1S/C17H8ClN3O/c1-2-14(22)16-15(12-6-3-5-11(9-12)10-19)20-17-13(18)7-4-8-21(16)17/h1,3-9H. The van der Waals surface area contributed by atoms with Gasteiger partial charge in [0.1, 0.15) is 11.4 Å². The maximum atomic E-state index is 12.1. The summed E-state index contributed by atoms with van der Waals surface area (Å²) in [5.74, 6) is 1.62. The van der Waals surface area contributed by atoms with Gasteiger partial charge < -0.3 is 0 Å². The Hall–Kier alpha value is -3.08. The third-order valence-corrected chi connectivity index (χ3v) is 3.51. The zero-order valence-corrected chi connectivity index (χ0v) is 12.0. The Morgan fingerprint density at radius 1 is 1.32 bits per heavy atom. The SMILES string of the molecule is C#CC(=O)c1c(-c2cccc(C#N)c2)nc2c(Cl)cccn12. The number of hydrogen-bond acceptors (Lipinski definition) is 3. The molecule has 104 valence electrons. The molecule has 0 radical (unpaired) electrons. The summed E-state index contributed by atoms with van der Waals surface area (Å²) in [5.41, 5.74) is 2.22. The van der Waals surface area contributed by atoms with Crippen LogP contribution in [0.15, 0.2) is 42.6 Å². The Morgan fingerprint density at radius 2 is 2.14 bits per heavy atom. The number of Topliss-reactive ketones (excluding diaryl/α,β-unsaturated/α-hetero) is 1. The second kappa shape index (κ2) is 5.37. The first kappa shape index (κ1) is 13.9. The smallest absolute Gasteiger partial charge is 0.254 e. The number of nitriles is 1. The topological polar surface area (TPSA) is 58.2 Å². The summed E-state index contributed by atoms with van der Waals surface area (Å²) in [6, 6.07) is 12.3. The number of ketones is 1. The zero-order chi connectivity index (χ0) is 15.7. The van der Waals surface area contributed by atoms with Gasteiger partial charge in [-0.25, -0.2) is 4.98 Å². The molecule has 2 aromatic heterocycles. The van der Waals surface area contributed by atoms with Crippen LogP contribution in [0.1, 0.15) is 16.1 Å². The lowest BCUT2D eigenvalue weighted by atomic mass is 10.1. The number of pyridine rings is 1. The van der Waals surface area contributed by atoms with Gasteiger partial charge in [0, 0.05) is 11.8 Å². The summed E-state index contributed by atoms with van der Waals surface area (Å²) in [4.78, 5) is 16.6. The Labute approximate surface area is 131 Å². The van der Waals surface area contributed by atoms with Crippen LogP contribution in [0.3, 0.4) is 0 Å². The zero-order valence-electron chi connectivity index (χ0n) is 11.2. The molecular weight excluding hydrogens is 298 g/mol. The average Bonchev–Trinajstić information content (AvgIpc) is 2.95. The summed E-state index contributed by atoms with van der Waals surface area (Å²) < 4.78 is 1.57. The minimum absolute atomic E-state index is 0.259. The molecule has 0 saturated heterocycles. The lowest BCUT2D eigenvalue weighted by molar-refractivity contribution is 0.105. The van der Waals surface area contributed by atoms with Crippen LogP contribution >= 0.6 is 11.6 Å². The third kappa shape index (κ3) is 2.13. The molecule has 0 atom stereocenters. The first-order valence-corrected chi connectivity index (χ1v) is 6.71. The van der Waals surface area contributed by atoms with E-state index in [1.54, 1.807) is 47.0 Å². The molecule has 0 aliphatic heterocycles. The van der Waals surface area contributed by atoms with Gasteiger partial charge in [-0.3, -0.25) is 9.20 Å². The molecule has 0 spiro atoms. The Balaban J connectivity index is 2.38. The molecule has 1 aromatic carbocycles. The van der Waals surface area contributed by atoms with Crippen LogP contribution < -0.4 is 0 Å². The van der Waals surface area contributed by atoms with Crippen molar-refractivity contribution >= 4 is 23.0 Å². The van der Waals surface area contributed by atoms with Crippen molar-refractivity contribution < 1.29 is 4.79 Å². The van der Waals surface area contributed by atoms with Crippen LogP contribution in [0.2, 0.25) is 5.02 Å². The second-order valence-corrected chi connectivity index (χ2v) is 4.93. The van der Waals surface area contributed by atoms with E-state index in [0.29, 0.717) is 27.5 Å². The maximum Gasteiger partial charge on any atom is 0.254 e. The van der Waals surface area contributed by atoms with Gasteiger partial charge in [-0.15, -0.1) is 6.42 Å². The number of terminal acetylenes is 1. The molecular formula is C17H8ClN3O. The van der Waals surface area contributed by atoms with Crippen molar-refractivity contribution in [3.63, 3.8) is 0 Å². The molecule has 0 aliphatic carbocycles. The van der Waals surface area contributed by atoms with Crippen LogP contribution in [-0.2, 0) is 0 Å². The third-order valence-electron chi connectivity index (χ3n) is 3.21. The molecule has 22 heavy (non-hydrogen) atoms. The lowest BCUT2D eigenvalue weighted by Crippen LogP contribution is -2.02. The van der Waals surface area contributed by atoms with Gasteiger partial charge in [0.15, 0.2) is 5.65 Å². The highest BCUT2D eigenvalue weighted by atomic mass is 35.5. The van der Waals surface area contributed by atoms with Crippen molar-refractivity contribution in [1.29, 1.82) is 5.26 Å². The highest BCUT2D eigenvalue weighted by molar-refractivity contribution is 6.33. The van der Waals surface area contributed by atoms with Gasteiger partial charge in [-0.05, 0) is 30.2 Å². The molecule has 4 nitrogen and oxygen atoms in total. The minimum atomic E-state index is -0.493. The number of aromatic nitrogens is 2. The fourth-order valence-corrected chi connectivity index (χ4v) is 2.46. The molecule has 0 amide bonds. The van der Waals surface area contributed by atoms with E-state index in [1.807, 2.05) is 0 Å². The number of carbonyl (C=O) groups is 1. The molecule has 0 bridgehead atoms. The summed E-state index contributed by atoms with van der Waals surface area (Å²) in [7, 11) is 0. The molecule has 0 fully saturated rings. The van der Waals surface area contributed by atoms with E-state index in [-0.39, 0.29) is 5.69 Å². The van der Waals surface area contributed by atoms with Gasteiger partial charge in [0.2, 0.25) is 0 Å². The first-order valence-electron chi connectivity index (χ1n) is 6.33. The fraction of sp³-hybridized carbons (Fsp3) is 0. The highest BCUT2D eigenvalue weighted by Gasteiger charge is 2.20. The predicted octanol–water partition coefficient (Wildman–Crippen LogP) is 3.34. The Kier molecular flexibility index (Phi) is 3.39. The molecule has 0 aliphatic rings. The molecule has 0 N–H and O–H groups in total. The van der Waals surface area contributed by atoms with Crippen molar-refractivity contribution in [3.05, 3.63) is 58.9 Å².